The molecule has 2 N–H and O–H groups in total. The smallest absolute Gasteiger partial charge is 0.217 e. The van der Waals surface area contributed by atoms with Crippen molar-refractivity contribution in [3.63, 3.8) is 0 Å². The first-order valence-electron chi connectivity index (χ1n) is 13.1. The minimum absolute atomic E-state index is 0.418. The number of methoxy groups -OCH3 is 1. The van der Waals surface area contributed by atoms with Crippen molar-refractivity contribution in [2.24, 2.45) is 0 Å². The SMILES string of the molecule is CC.CNCCC(O)(c1ccc2ccccc2c1)C(c1ccccc1)c1cc2cc(Br)ccc2nc1OC. The summed E-state index contributed by atoms with van der Waals surface area (Å²) in [6.45, 7) is 4.64. The molecule has 0 aliphatic carbocycles. The van der Waals surface area contributed by atoms with Gasteiger partial charge < -0.3 is 15.2 Å². The summed E-state index contributed by atoms with van der Waals surface area (Å²) < 4.78 is 6.82. The zero-order chi connectivity index (χ0) is 27.1. The molecule has 0 saturated carbocycles. The summed E-state index contributed by atoms with van der Waals surface area (Å²) in [5.41, 5.74) is 2.32. The Morgan fingerprint density at radius 1 is 0.868 bits per heavy atom. The van der Waals surface area contributed by atoms with Gasteiger partial charge in [-0.15, -0.1) is 0 Å². The molecule has 0 bridgehead atoms. The van der Waals surface area contributed by atoms with Gasteiger partial charge in [0.05, 0.1) is 12.6 Å². The molecule has 5 aromatic rings. The molecule has 0 aliphatic heterocycles. The first-order valence-corrected chi connectivity index (χ1v) is 13.9. The molecule has 5 rings (SSSR count). The minimum Gasteiger partial charge on any atom is -0.481 e. The Bertz CT molecular complexity index is 1510. The summed E-state index contributed by atoms with van der Waals surface area (Å²) in [5.74, 6) is 0.0985. The van der Waals surface area contributed by atoms with E-state index < -0.39 is 11.5 Å². The second-order valence-electron chi connectivity index (χ2n) is 9.11. The molecule has 0 amide bonds. The molecule has 0 aliphatic rings. The highest BCUT2D eigenvalue weighted by atomic mass is 79.9. The number of nitrogens with zero attached hydrogens (tertiary/aromatic N) is 1. The molecule has 1 heterocycles. The molecular formula is C33H35BrN2O2. The zero-order valence-corrected chi connectivity index (χ0v) is 24.0. The van der Waals surface area contributed by atoms with Crippen LogP contribution in [0.15, 0.2) is 102 Å². The van der Waals surface area contributed by atoms with Crippen LogP contribution < -0.4 is 10.1 Å². The molecule has 38 heavy (non-hydrogen) atoms. The van der Waals surface area contributed by atoms with Crippen LogP contribution in [0, 0.1) is 0 Å². The van der Waals surface area contributed by atoms with Crippen LogP contribution in [0.5, 0.6) is 5.88 Å². The predicted octanol–water partition coefficient (Wildman–Crippen LogP) is 7.81. The standard InChI is InChI=1S/C31H29BrN2O2.C2H6/c1-33-17-16-31(35,25-13-12-21-8-6-7-11-23(21)18-25)29(22-9-4-3-5-10-22)27-20-24-19-26(32)14-15-28(24)34-30(27)36-2;1-2/h3-15,18-20,29,33,35H,16-17H2,1-2H3;1-2H3. The molecule has 4 nitrogen and oxygen atoms in total. The van der Waals surface area contributed by atoms with Crippen molar-refractivity contribution >= 4 is 37.6 Å². The van der Waals surface area contributed by atoms with Crippen molar-refractivity contribution in [1.82, 2.24) is 10.3 Å². The Morgan fingerprint density at radius 2 is 1.58 bits per heavy atom. The van der Waals surface area contributed by atoms with Crippen LogP contribution >= 0.6 is 15.9 Å². The number of aliphatic hydroxyl groups is 1. The van der Waals surface area contributed by atoms with E-state index in [2.05, 4.69) is 69.8 Å². The van der Waals surface area contributed by atoms with Crippen LogP contribution in [0.1, 0.15) is 42.9 Å². The van der Waals surface area contributed by atoms with E-state index in [9.17, 15) is 5.11 Å². The van der Waals surface area contributed by atoms with Crippen molar-refractivity contribution in [1.29, 1.82) is 0 Å². The topological polar surface area (TPSA) is 54.4 Å². The van der Waals surface area contributed by atoms with Gasteiger partial charge in [-0.2, -0.15) is 0 Å². The second kappa shape index (κ2) is 12.5. The minimum atomic E-state index is -1.23. The van der Waals surface area contributed by atoms with Gasteiger partial charge in [0, 0.05) is 21.3 Å². The summed E-state index contributed by atoms with van der Waals surface area (Å²) in [5, 5.41) is 19.2. The van der Waals surface area contributed by atoms with Gasteiger partial charge in [0.15, 0.2) is 0 Å². The molecule has 0 radical (unpaired) electrons. The molecule has 4 aromatic carbocycles. The van der Waals surface area contributed by atoms with Crippen LogP contribution in [0.4, 0.5) is 0 Å². The third kappa shape index (κ3) is 5.60. The number of pyridine rings is 1. The van der Waals surface area contributed by atoms with Gasteiger partial charge in [0.1, 0.15) is 5.60 Å². The first kappa shape index (κ1) is 27.8. The maximum Gasteiger partial charge on any atom is 0.217 e. The fraction of sp³-hybridized carbons (Fsp3) is 0.242. The number of aromatic nitrogens is 1. The van der Waals surface area contributed by atoms with E-state index >= 15 is 0 Å². The lowest BCUT2D eigenvalue weighted by molar-refractivity contribution is 0.0105. The van der Waals surface area contributed by atoms with Crippen LogP contribution in [0.25, 0.3) is 21.7 Å². The molecule has 0 spiro atoms. The molecule has 2 atom stereocenters. The van der Waals surface area contributed by atoms with Crippen LogP contribution in [-0.4, -0.2) is 30.8 Å². The van der Waals surface area contributed by atoms with Gasteiger partial charge >= 0.3 is 0 Å². The quantitative estimate of drug-likeness (QED) is 0.200. The number of fused-ring (bicyclic) bond motifs is 2. The van der Waals surface area contributed by atoms with Crippen molar-refractivity contribution in [3.8, 4) is 5.88 Å². The highest BCUT2D eigenvalue weighted by Gasteiger charge is 2.42. The Labute approximate surface area is 233 Å². The number of hydrogen-bond donors (Lipinski definition) is 2. The third-order valence-corrected chi connectivity index (χ3v) is 7.38. The summed E-state index contributed by atoms with van der Waals surface area (Å²) in [7, 11) is 3.55. The van der Waals surface area contributed by atoms with Gasteiger partial charge in [-0.05, 0) is 72.2 Å². The van der Waals surface area contributed by atoms with Crippen molar-refractivity contribution in [3.05, 3.63) is 118 Å². The summed E-state index contributed by atoms with van der Waals surface area (Å²) in [6, 6.07) is 32.8. The van der Waals surface area contributed by atoms with Gasteiger partial charge in [-0.1, -0.05) is 96.5 Å². The highest BCUT2D eigenvalue weighted by molar-refractivity contribution is 9.10. The Morgan fingerprint density at radius 3 is 2.29 bits per heavy atom. The summed E-state index contributed by atoms with van der Waals surface area (Å²) in [6.07, 6.45) is 0.501. The summed E-state index contributed by atoms with van der Waals surface area (Å²) in [4.78, 5) is 4.85. The average Bonchev–Trinajstić information content (AvgIpc) is 2.97. The van der Waals surface area contributed by atoms with Crippen molar-refractivity contribution < 1.29 is 9.84 Å². The van der Waals surface area contributed by atoms with Crippen LogP contribution in [-0.2, 0) is 5.60 Å². The van der Waals surface area contributed by atoms with E-state index in [1.54, 1.807) is 7.11 Å². The Balaban J connectivity index is 0.00000164. The molecular weight excluding hydrogens is 536 g/mol. The lowest BCUT2D eigenvalue weighted by atomic mass is 9.71. The van der Waals surface area contributed by atoms with Gasteiger partial charge in [-0.25, -0.2) is 4.98 Å². The molecule has 196 valence electrons. The first-order chi connectivity index (χ1) is 18.5. The fourth-order valence-corrected chi connectivity index (χ4v) is 5.48. The van der Waals surface area contributed by atoms with E-state index in [1.807, 2.05) is 69.4 Å². The average molecular weight is 572 g/mol. The van der Waals surface area contributed by atoms with Gasteiger partial charge in [0.25, 0.3) is 0 Å². The maximum atomic E-state index is 12.8. The highest BCUT2D eigenvalue weighted by Crippen LogP contribution is 2.47. The van der Waals surface area contributed by atoms with E-state index in [0.29, 0.717) is 18.8 Å². The normalized spacial score (nSPS) is 13.4. The summed E-state index contributed by atoms with van der Waals surface area (Å²) >= 11 is 3.59. The predicted molar refractivity (Wildman–Crippen MR) is 162 cm³/mol. The van der Waals surface area contributed by atoms with E-state index in [-0.39, 0.29) is 0 Å². The number of ether oxygens (including phenoxy) is 1. The fourth-order valence-electron chi connectivity index (χ4n) is 5.10. The third-order valence-electron chi connectivity index (χ3n) is 6.89. The maximum absolute atomic E-state index is 12.8. The monoisotopic (exact) mass is 570 g/mol. The number of nitrogens with one attached hydrogen (secondary N) is 1. The number of rotatable bonds is 8. The van der Waals surface area contributed by atoms with E-state index in [1.165, 1.54) is 0 Å². The largest absolute Gasteiger partial charge is 0.481 e. The number of halogens is 1. The molecule has 2 unspecified atom stereocenters. The zero-order valence-electron chi connectivity index (χ0n) is 22.4. The molecule has 0 fully saturated rings. The van der Waals surface area contributed by atoms with Crippen LogP contribution in [0.2, 0.25) is 0 Å². The molecule has 5 heteroatoms. The van der Waals surface area contributed by atoms with Gasteiger partial charge in [-0.3, -0.25) is 0 Å². The Kier molecular flexibility index (Phi) is 9.16. The molecule has 0 saturated heterocycles. The lowest BCUT2D eigenvalue weighted by Gasteiger charge is -2.38. The van der Waals surface area contributed by atoms with Crippen molar-refractivity contribution in [2.45, 2.75) is 31.8 Å². The van der Waals surface area contributed by atoms with E-state index in [0.717, 1.165) is 42.8 Å². The lowest BCUT2D eigenvalue weighted by Crippen LogP contribution is -2.37. The Hall–Kier alpha value is -3.25. The molecule has 1 aromatic heterocycles. The number of hydrogen-bond acceptors (Lipinski definition) is 4. The van der Waals surface area contributed by atoms with Crippen LogP contribution in [0.3, 0.4) is 0 Å². The van der Waals surface area contributed by atoms with E-state index in [4.69, 9.17) is 9.72 Å². The number of benzene rings is 4. The second-order valence-corrected chi connectivity index (χ2v) is 10.0. The van der Waals surface area contributed by atoms with Crippen molar-refractivity contribution in [2.75, 3.05) is 20.7 Å². The van der Waals surface area contributed by atoms with Gasteiger partial charge in [0.2, 0.25) is 5.88 Å².